The minimum atomic E-state index is -1.000. The van der Waals surface area contributed by atoms with Gasteiger partial charge in [0.1, 0.15) is 18.1 Å². The summed E-state index contributed by atoms with van der Waals surface area (Å²) in [6, 6.07) is 23.4. The molecule has 1 aromatic heterocycles. The summed E-state index contributed by atoms with van der Waals surface area (Å²) < 4.78 is 13.5. The van der Waals surface area contributed by atoms with Gasteiger partial charge in [0.05, 0.1) is 24.2 Å². The lowest BCUT2D eigenvalue weighted by Gasteiger charge is -2.18. The van der Waals surface area contributed by atoms with Gasteiger partial charge in [-0.15, -0.1) is 0 Å². The fourth-order valence-corrected chi connectivity index (χ4v) is 4.88. The van der Waals surface area contributed by atoms with E-state index in [4.69, 9.17) is 26.2 Å². The highest BCUT2D eigenvalue weighted by atomic mass is 35.5. The molecule has 3 aromatic carbocycles. The highest BCUT2D eigenvalue weighted by molar-refractivity contribution is 6.30. The molecule has 0 spiro atoms. The van der Waals surface area contributed by atoms with E-state index in [0.717, 1.165) is 64.9 Å². The van der Waals surface area contributed by atoms with Gasteiger partial charge >= 0.3 is 5.97 Å². The number of carbonyl (C=O) groups is 1. The Hall–Kier alpha value is -4.29. The van der Waals surface area contributed by atoms with E-state index in [-0.39, 0.29) is 5.92 Å². The van der Waals surface area contributed by atoms with Crippen LogP contribution in [0.2, 0.25) is 5.02 Å². The molecule has 7 heteroatoms. The standard InChI is InChI=1S/C32H29ClN2O4/c1-38-29-16-17-30(22-7-9-25(33)10-8-22)24(19-29)21-39-28-14-12-27(13-15-28)35-31(23-5-3-2-4-6-23)20-26(34-35)11-18-32(36)37/h3,5,7-20,23H,2,4,6,21H2,1H3,(H,36,37)/b18-11+. The maximum absolute atomic E-state index is 11.0. The summed E-state index contributed by atoms with van der Waals surface area (Å²) in [7, 11) is 1.65. The van der Waals surface area contributed by atoms with Crippen molar-refractivity contribution < 1.29 is 19.4 Å². The highest BCUT2D eigenvalue weighted by Crippen LogP contribution is 2.32. The number of ether oxygens (including phenoxy) is 2. The number of rotatable bonds is 9. The Kier molecular flexibility index (Phi) is 8.13. The maximum Gasteiger partial charge on any atom is 0.328 e. The SMILES string of the molecule is COc1ccc(-c2ccc(Cl)cc2)c(COc2ccc(-n3nc(/C=C/C(=O)O)cc3C3C=CCCC3)cc2)c1. The smallest absolute Gasteiger partial charge is 0.328 e. The first-order chi connectivity index (χ1) is 19.0. The van der Waals surface area contributed by atoms with Crippen LogP contribution in [0.4, 0.5) is 0 Å². The minimum absolute atomic E-state index is 0.230. The van der Waals surface area contributed by atoms with Crippen LogP contribution in [0.25, 0.3) is 22.9 Å². The summed E-state index contributed by atoms with van der Waals surface area (Å²) in [4.78, 5) is 11.0. The Morgan fingerprint density at radius 1 is 1.08 bits per heavy atom. The molecule has 4 aromatic rings. The van der Waals surface area contributed by atoms with Crippen LogP contribution in [0.15, 0.2) is 91.0 Å². The van der Waals surface area contributed by atoms with Crippen molar-refractivity contribution in [1.82, 2.24) is 9.78 Å². The molecule has 0 saturated carbocycles. The van der Waals surface area contributed by atoms with Crippen LogP contribution in [-0.4, -0.2) is 28.0 Å². The molecule has 1 N–H and O–H groups in total. The predicted octanol–water partition coefficient (Wildman–Crippen LogP) is 7.70. The van der Waals surface area contributed by atoms with Gasteiger partial charge in [-0.05, 0) is 91.1 Å². The lowest BCUT2D eigenvalue weighted by molar-refractivity contribution is -0.131. The lowest BCUT2D eigenvalue weighted by Crippen LogP contribution is -2.08. The number of hydrogen-bond donors (Lipinski definition) is 1. The van der Waals surface area contributed by atoms with Crippen LogP contribution in [0.1, 0.15) is 42.1 Å². The Balaban J connectivity index is 1.38. The van der Waals surface area contributed by atoms with Crippen molar-refractivity contribution in [1.29, 1.82) is 0 Å². The minimum Gasteiger partial charge on any atom is -0.497 e. The Labute approximate surface area is 232 Å². The van der Waals surface area contributed by atoms with E-state index in [1.54, 1.807) is 7.11 Å². The Bertz CT molecular complexity index is 1500. The van der Waals surface area contributed by atoms with E-state index in [2.05, 4.69) is 17.3 Å². The van der Waals surface area contributed by atoms with Gasteiger partial charge in [-0.3, -0.25) is 0 Å². The van der Waals surface area contributed by atoms with Crippen molar-refractivity contribution in [2.75, 3.05) is 7.11 Å². The highest BCUT2D eigenvalue weighted by Gasteiger charge is 2.19. The molecular formula is C32H29ClN2O4. The molecular weight excluding hydrogens is 512 g/mol. The van der Waals surface area contributed by atoms with Crippen molar-refractivity contribution in [2.45, 2.75) is 31.8 Å². The van der Waals surface area contributed by atoms with Gasteiger partial charge in [-0.1, -0.05) is 42.0 Å². The number of allylic oxidation sites excluding steroid dienone is 2. The van der Waals surface area contributed by atoms with Crippen LogP contribution >= 0.6 is 11.6 Å². The molecule has 6 nitrogen and oxygen atoms in total. The number of benzene rings is 3. The first-order valence-electron chi connectivity index (χ1n) is 12.8. The molecule has 0 saturated heterocycles. The van der Waals surface area contributed by atoms with Gasteiger partial charge in [-0.25, -0.2) is 9.48 Å². The van der Waals surface area contributed by atoms with Crippen molar-refractivity contribution in [3.05, 3.63) is 113 Å². The van der Waals surface area contributed by atoms with Crippen LogP contribution in [-0.2, 0) is 11.4 Å². The Morgan fingerprint density at radius 2 is 1.85 bits per heavy atom. The maximum atomic E-state index is 11.0. The first kappa shape index (κ1) is 26.3. The number of halogens is 1. The summed E-state index contributed by atoms with van der Waals surface area (Å²) >= 11 is 6.09. The lowest BCUT2D eigenvalue weighted by atomic mass is 9.92. The molecule has 1 aliphatic carbocycles. The zero-order chi connectivity index (χ0) is 27.2. The molecule has 1 unspecified atom stereocenters. The molecule has 1 atom stereocenters. The van der Waals surface area contributed by atoms with E-state index in [1.807, 2.05) is 77.5 Å². The zero-order valence-corrected chi connectivity index (χ0v) is 22.3. The molecule has 39 heavy (non-hydrogen) atoms. The van der Waals surface area contributed by atoms with Crippen molar-refractivity contribution in [3.63, 3.8) is 0 Å². The number of carboxylic acids is 1. The largest absolute Gasteiger partial charge is 0.497 e. The van der Waals surface area contributed by atoms with Crippen LogP contribution in [0.5, 0.6) is 11.5 Å². The summed E-state index contributed by atoms with van der Waals surface area (Å²) in [5.41, 5.74) is 5.62. The van der Waals surface area contributed by atoms with Gasteiger partial charge in [-0.2, -0.15) is 5.10 Å². The van der Waals surface area contributed by atoms with Gasteiger partial charge in [0.2, 0.25) is 0 Å². The average molecular weight is 541 g/mol. The molecule has 0 bridgehead atoms. The zero-order valence-electron chi connectivity index (χ0n) is 21.6. The number of aliphatic carboxylic acids is 1. The van der Waals surface area contributed by atoms with E-state index >= 15 is 0 Å². The molecule has 0 aliphatic heterocycles. The van der Waals surface area contributed by atoms with Gasteiger partial charge < -0.3 is 14.6 Å². The number of carboxylic acid groups (broad SMARTS) is 1. The van der Waals surface area contributed by atoms with Crippen LogP contribution < -0.4 is 9.47 Å². The van der Waals surface area contributed by atoms with Crippen LogP contribution in [0.3, 0.4) is 0 Å². The first-order valence-corrected chi connectivity index (χ1v) is 13.2. The number of nitrogens with zero attached hydrogens (tertiary/aromatic N) is 2. The van der Waals surface area contributed by atoms with Crippen molar-refractivity contribution in [3.8, 4) is 28.3 Å². The molecule has 1 aliphatic rings. The van der Waals surface area contributed by atoms with Gasteiger partial charge in [0, 0.05) is 22.6 Å². The van der Waals surface area contributed by atoms with E-state index < -0.39 is 5.97 Å². The van der Waals surface area contributed by atoms with Crippen LogP contribution in [0, 0.1) is 0 Å². The molecule has 0 amide bonds. The van der Waals surface area contributed by atoms with E-state index in [9.17, 15) is 4.79 Å². The third-order valence-corrected chi connectivity index (χ3v) is 6.98. The van der Waals surface area contributed by atoms with Crippen molar-refractivity contribution >= 4 is 23.6 Å². The third kappa shape index (κ3) is 6.41. The monoisotopic (exact) mass is 540 g/mol. The fourth-order valence-electron chi connectivity index (χ4n) is 4.75. The summed E-state index contributed by atoms with van der Waals surface area (Å²) in [6.45, 7) is 0.360. The normalized spacial score (nSPS) is 15.0. The average Bonchev–Trinajstić information content (AvgIpc) is 3.40. The molecule has 198 valence electrons. The summed E-state index contributed by atoms with van der Waals surface area (Å²) in [6.07, 6.45) is 10.3. The fraction of sp³-hybridized carbons (Fsp3) is 0.188. The van der Waals surface area contributed by atoms with Crippen molar-refractivity contribution in [2.24, 2.45) is 0 Å². The second-order valence-electron chi connectivity index (χ2n) is 9.36. The summed E-state index contributed by atoms with van der Waals surface area (Å²) in [5.74, 6) is 0.715. The quantitative estimate of drug-likeness (QED) is 0.174. The number of methoxy groups -OCH3 is 1. The molecule has 0 radical (unpaired) electrons. The van der Waals surface area contributed by atoms with E-state index in [1.165, 1.54) is 6.08 Å². The summed E-state index contributed by atoms with van der Waals surface area (Å²) in [5, 5.41) is 14.4. The predicted molar refractivity (Wildman–Crippen MR) is 154 cm³/mol. The Morgan fingerprint density at radius 3 is 2.54 bits per heavy atom. The second kappa shape index (κ2) is 12.0. The molecule has 1 heterocycles. The van der Waals surface area contributed by atoms with E-state index in [0.29, 0.717) is 17.3 Å². The number of hydrogen-bond acceptors (Lipinski definition) is 4. The molecule has 5 rings (SSSR count). The van der Waals surface area contributed by atoms with Gasteiger partial charge in [0.25, 0.3) is 0 Å². The third-order valence-electron chi connectivity index (χ3n) is 6.73. The molecule has 0 fully saturated rings. The number of aromatic nitrogens is 2. The topological polar surface area (TPSA) is 73.6 Å². The van der Waals surface area contributed by atoms with Gasteiger partial charge in [0.15, 0.2) is 0 Å². The second-order valence-corrected chi connectivity index (χ2v) is 9.79.